The van der Waals surface area contributed by atoms with Crippen LogP contribution < -0.4 is 11.5 Å². The molecule has 2 heterocycles. The van der Waals surface area contributed by atoms with Crippen molar-refractivity contribution in [2.75, 3.05) is 18.9 Å². The van der Waals surface area contributed by atoms with Gasteiger partial charge in [-0.05, 0) is 12.3 Å². The Labute approximate surface area is 140 Å². The van der Waals surface area contributed by atoms with Crippen molar-refractivity contribution in [3.63, 3.8) is 0 Å². The number of esters is 1. The molecule has 2 atom stereocenters. The largest absolute Gasteiger partial charge is 0.465 e. The lowest BCUT2D eigenvalue weighted by atomic mass is 10.1. The number of hydrogen-bond donors (Lipinski definition) is 3. The van der Waals surface area contributed by atoms with E-state index in [-0.39, 0.29) is 31.0 Å². The van der Waals surface area contributed by atoms with Gasteiger partial charge in [0.15, 0.2) is 5.65 Å². The Balaban J connectivity index is 1.92. The molecule has 5 N–H and O–H groups in total. The van der Waals surface area contributed by atoms with Crippen LogP contribution in [0.15, 0.2) is 12.5 Å². The van der Waals surface area contributed by atoms with Crippen molar-refractivity contribution in [2.24, 2.45) is 17.6 Å². The molecule has 2 aromatic heterocycles. The topological polar surface area (TPSA) is 142 Å². The van der Waals surface area contributed by atoms with Gasteiger partial charge in [-0.3, -0.25) is 4.79 Å². The van der Waals surface area contributed by atoms with Crippen LogP contribution in [0.2, 0.25) is 0 Å². The number of carbonyl (C=O) groups is 1. The molecule has 0 aromatic carbocycles. The second kappa shape index (κ2) is 8.02. The Morgan fingerprint density at radius 1 is 1.42 bits per heavy atom. The van der Waals surface area contributed by atoms with Crippen LogP contribution in [-0.2, 0) is 16.1 Å². The molecule has 0 saturated carbocycles. The highest BCUT2D eigenvalue weighted by molar-refractivity contribution is 5.75. The highest BCUT2D eigenvalue weighted by atomic mass is 16.5. The fourth-order valence-corrected chi connectivity index (χ4v) is 2.22. The zero-order chi connectivity index (χ0) is 17.7. The summed E-state index contributed by atoms with van der Waals surface area (Å²) in [5.41, 5.74) is 12.6. The number of imidazole rings is 1. The van der Waals surface area contributed by atoms with Gasteiger partial charge in [0.2, 0.25) is 5.95 Å². The maximum absolute atomic E-state index is 11.7. The van der Waals surface area contributed by atoms with Crippen LogP contribution in [0.1, 0.15) is 20.3 Å². The summed E-state index contributed by atoms with van der Waals surface area (Å²) in [6.07, 6.45) is 3.69. The molecule has 132 valence electrons. The van der Waals surface area contributed by atoms with E-state index >= 15 is 0 Å². The Hall–Kier alpha value is -2.26. The zero-order valence-corrected chi connectivity index (χ0v) is 13.9. The van der Waals surface area contributed by atoms with E-state index in [2.05, 4.69) is 15.0 Å². The Morgan fingerprint density at radius 3 is 2.83 bits per heavy atom. The number of nitrogens with two attached hydrogens (primary N) is 2. The summed E-state index contributed by atoms with van der Waals surface area (Å²) in [7, 11) is 0. The first kappa shape index (κ1) is 18.1. The van der Waals surface area contributed by atoms with Crippen LogP contribution in [0.3, 0.4) is 0 Å². The lowest BCUT2D eigenvalue weighted by Gasteiger charge is -2.17. The Morgan fingerprint density at radius 2 is 2.17 bits per heavy atom. The SMILES string of the molecule is CC(C)[C@H](N)C(=O)OCCC(CO)Cn1cnc2cnc(N)nc21. The number of aliphatic hydroxyl groups is 1. The molecule has 0 aliphatic carbocycles. The van der Waals surface area contributed by atoms with E-state index in [9.17, 15) is 9.90 Å². The summed E-state index contributed by atoms with van der Waals surface area (Å²) < 4.78 is 6.98. The van der Waals surface area contributed by atoms with Crippen molar-refractivity contribution in [1.82, 2.24) is 19.5 Å². The molecule has 0 bridgehead atoms. The Kier molecular flexibility index (Phi) is 6.04. The number of aliphatic hydroxyl groups excluding tert-OH is 1. The van der Waals surface area contributed by atoms with Crippen LogP contribution in [0.4, 0.5) is 5.95 Å². The number of nitrogen functional groups attached to an aromatic ring is 1. The van der Waals surface area contributed by atoms with E-state index in [0.717, 1.165) is 0 Å². The van der Waals surface area contributed by atoms with E-state index in [4.69, 9.17) is 16.2 Å². The molecule has 24 heavy (non-hydrogen) atoms. The molecule has 9 heteroatoms. The number of ether oxygens (including phenoxy) is 1. The lowest BCUT2D eigenvalue weighted by molar-refractivity contribution is -0.146. The van der Waals surface area contributed by atoms with Crippen molar-refractivity contribution < 1.29 is 14.6 Å². The third-order valence-corrected chi connectivity index (χ3v) is 3.85. The molecular weight excluding hydrogens is 312 g/mol. The molecule has 1 unspecified atom stereocenters. The minimum Gasteiger partial charge on any atom is -0.465 e. The van der Waals surface area contributed by atoms with Crippen molar-refractivity contribution in [3.05, 3.63) is 12.5 Å². The summed E-state index contributed by atoms with van der Waals surface area (Å²) >= 11 is 0. The van der Waals surface area contributed by atoms with Crippen LogP contribution in [0.25, 0.3) is 11.2 Å². The van der Waals surface area contributed by atoms with Gasteiger partial charge in [0.1, 0.15) is 11.6 Å². The number of rotatable bonds is 8. The van der Waals surface area contributed by atoms with Gasteiger partial charge in [-0.15, -0.1) is 0 Å². The number of fused-ring (bicyclic) bond motifs is 1. The highest BCUT2D eigenvalue weighted by Gasteiger charge is 2.19. The molecule has 0 fully saturated rings. The number of aromatic nitrogens is 4. The summed E-state index contributed by atoms with van der Waals surface area (Å²) in [6.45, 7) is 4.36. The number of carbonyl (C=O) groups excluding carboxylic acids is 1. The monoisotopic (exact) mass is 336 g/mol. The van der Waals surface area contributed by atoms with E-state index in [1.165, 1.54) is 0 Å². The number of nitrogens with zero attached hydrogens (tertiary/aromatic N) is 4. The third-order valence-electron chi connectivity index (χ3n) is 3.85. The van der Waals surface area contributed by atoms with Crippen LogP contribution in [0.5, 0.6) is 0 Å². The lowest BCUT2D eigenvalue weighted by Crippen LogP contribution is -2.37. The predicted octanol–water partition coefficient (Wildman–Crippen LogP) is -0.0664. The van der Waals surface area contributed by atoms with Gasteiger partial charge in [0, 0.05) is 19.1 Å². The normalized spacial score (nSPS) is 14.0. The highest BCUT2D eigenvalue weighted by Crippen LogP contribution is 2.14. The number of anilines is 1. The molecule has 0 radical (unpaired) electrons. The van der Waals surface area contributed by atoms with Crippen molar-refractivity contribution in [2.45, 2.75) is 32.9 Å². The van der Waals surface area contributed by atoms with Crippen LogP contribution >= 0.6 is 0 Å². The second-order valence-corrected chi connectivity index (χ2v) is 6.11. The van der Waals surface area contributed by atoms with Gasteiger partial charge in [0.25, 0.3) is 0 Å². The van der Waals surface area contributed by atoms with Gasteiger partial charge < -0.3 is 25.9 Å². The zero-order valence-electron chi connectivity index (χ0n) is 13.9. The average molecular weight is 336 g/mol. The molecular formula is C15H24N6O3. The maximum Gasteiger partial charge on any atom is 0.323 e. The fraction of sp³-hybridized carbons (Fsp3) is 0.600. The molecule has 2 rings (SSSR count). The minimum absolute atomic E-state index is 0.0218. The van der Waals surface area contributed by atoms with E-state index in [1.54, 1.807) is 17.1 Å². The standard InChI is InChI=1S/C15H24N6O3/c1-9(2)12(16)14(23)24-4-3-10(7-22)6-21-8-19-11-5-18-15(17)20-13(11)21/h5,8-10,12,22H,3-4,6-7,16H2,1-2H3,(H2,17,18,20)/t10?,12-/m0/s1. The first-order chi connectivity index (χ1) is 11.4. The minimum atomic E-state index is -0.630. The van der Waals surface area contributed by atoms with E-state index in [1.807, 2.05) is 13.8 Å². The summed E-state index contributed by atoms with van der Waals surface area (Å²) in [5, 5.41) is 9.56. The van der Waals surface area contributed by atoms with Crippen LogP contribution in [0, 0.1) is 11.8 Å². The average Bonchev–Trinajstić information content (AvgIpc) is 2.94. The fourth-order valence-electron chi connectivity index (χ4n) is 2.22. The summed E-state index contributed by atoms with van der Waals surface area (Å²) in [5.74, 6) is -0.341. The molecule has 0 spiro atoms. The van der Waals surface area contributed by atoms with Gasteiger partial charge in [-0.2, -0.15) is 4.98 Å². The van der Waals surface area contributed by atoms with Crippen molar-refractivity contribution in [1.29, 1.82) is 0 Å². The van der Waals surface area contributed by atoms with Gasteiger partial charge >= 0.3 is 5.97 Å². The molecule has 0 amide bonds. The second-order valence-electron chi connectivity index (χ2n) is 6.11. The summed E-state index contributed by atoms with van der Waals surface area (Å²) in [4.78, 5) is 24.0. The first-order valence-corrected chi connectivity index (χ1v) is 7.88. The van der Waals surface area contributed by atoms with Gasteiger partial charge in [-0.1, -0.05) is 13.8 Å². The van der Waals surface area contributed by atoms with Crippen molar-refractivity contribution >= 4 is 23.1 Å². The smallest absolute Gasteiger partial charge is 0.323 e. The molecule has 0 saturated heterocycles. The quantitative estimate of drug-likeness (QED) is 0.569. The molecule has 9 nitrogen and oxygen atoms in total. The van der Waals surface area contributed by atoms with Gasteiger partial charge in [-0.25, -0.2) is 9.97 Å². The number of hydrogen-bond acceptors (Lipinski definition) is 8. The molecule has 0 aliphatic heterocycles. The van der Waals surface area contributed by atoms with Crippen LogP contribution in [-0.4, -0.2) is 49.9 Å². The van der Waals surface area contributed by atoms with Gasteiger partial charge in [0.05, 0.1) is 19.1 Å². The summed E-state index contributed by atoms with van der Waals surface area (Å²) in [6, 6.07) is -0.630. The van der Waals surface area contributed by atoms with E-state index in [0.29, 0.717) is 24.1 Å². The molecule has 0 aliphatic rings. The predicted molar refractivity (Wildman–Crippen MR) is 88.7 cm³/mol. The Bertz CT molecular complexity index is 687. The van der Waals surface area contributed by atoms with Crippen molar-refractivity contribution in [3.8, 4) is 0 Å². The molecule has 2 aromatic rings. The maximum atomic E-state index is 11.7. The van der Waals surface area contributed by atoms with E-state index < -0.39 is 12.0 Å². The first-order valence-electron chi connectivity index (χ1n) is 7.88. The third kappa shape index (κ3) is 4.39.